The Labute approximate surface area is 175 Å². The Morgan fingerprint density at radius 1 is 1.33 bits per heavy atom. The molecular weight excluding hydrogens is 450 g/mol. The first-order valence-corrected chi connectivity index (χ1v) is 11.4. The van der Waals surface area contributed by atoms with E-state index in [0.29, 0.717) is 20.5 Å². The molecule has 0 bridgehead atoms. The molecule has 0 radical (unpaired) electrons. The molecule has 3 rings (SSSR count). The highest BCUT2D eigenvalue weighted by Gasteiger charge is 2.27. The van der Waals surface area contributed by atoms with Crippen LogP contribution in [-0.4, -0.2) is 68.7 Å². The molecule has 2 aromatic heterocycles. The second-order valence-electron chi connectivity index (χ2n) is 6.66. The number of hydrogen-bond donors (Lipinski definition) is 1. The van der Waals surface area contributed by atoms with Crippen molar-refractivity contribution in [2.24, 2.45) is 0 Å². The van der Waals surface area contributed by atoms with Gasteiger partial charge in [-0.05, 0) is 29.4 Å². The monoisotopic (exact) mass is 473 g/mol. The van der Waals surface area contributed by atoms with Gasteiger partial charge in [-0.25, -0.2) is 4.79 Å². The zero-order chi connectivity index (χ0) is 19.7. The van der Waals surface area contributed by atoms with E-state index in [2.05, 4.69) is 51.6 Å². The molecule has 27 heavy (non-hydrogen) atoms. The molecule has 1 N–H and O–H groups in total. The van der Waals surface area contributed by atoms with E-state index < -0.39 is 5.97 Å². The fourth-order valence-corrected chi connectivity index (χ4v) is 5.88. The Hall–Kier alpha value is -1.10. The Bertz CT molecular complexity index is 828. The van der Waals surface area contributed by atoms with Gasteiger partial charge < -0.3 is 14.9 Å². The van der Waals surface area contributed by atoms with Crippen molar-refractivity contribution in [1.82, 2.24) is 19.7 Å². The van der Waals surface area contributed by atoms with E-state index in [-0.39, 0.29) is 5.69 Å². The first kappa shape index (κ1) is 20.6. The Kier molecular flexibility index (Phi) is 6.50. The van der Waals surface area contributed by atoms with Gasteiger partial charge in [-0.3, -0.25) is 0 Å². The number of carbonyl (C=O) groups is 1. The van der Waals surface area contributed by atoms with Gasteiger partial charge in [-0.15, -0.1) is 11.8 Å². The summed E-state index contributed by atoms with van der Waals surface area (Å²) in [4.78, 5) is 21.3. The molecule has 1 aliphatic heterocycles. The van der Waals surface area contributed by atoms with Crippen LogP contribution in [0.1, 0.15) is 37.0 Å². The fourth-order valence-electron chi connectivity index (χ4n) is 2.98. The summed E-state index contributed by atoms with van der Waals surface area (Å²) in [5.74, 6) is -0.0704. The van der Waals surface area contributed by atoms with Gasteiger partial charge in [0.05, 0.1) is 10.2 Å². The Morgan fingerprint density at radius 2 is 2.00 bits per heavy atom. The lowest BCUT2D eigenvalue weighted by Crippen LogP contribution is -2.46. The van der Waals surface area contributed by atoms with Crippen LogP contribution in [0.4, 0.5) is 5.82 Å². The molecule has 0 spiro atoms. The van der Waals surface area contributed by atoms with E-state index in [4.69, 9.17) is 4.98 Å². The smallest absolute Gasteiger partial charge is 0.355 e. The molecule has 7 nitrogen and oxygen atoms in total. The lowest BCUT2D eigenvalue weighted by Gasteiger charge is -2.34. The average molecular weight is 474 g/mol. The summed E-state index contributed by atoms with van der Waals surface area (Å²) in [6.07, 6.45) is 0. The van der Waals surface area contributed by atoms with Gasteiger partial charge in [-0.1, -0.05) is 32.1 Å². The van der Waals surface area contributed by atoms with E-state index in [0.717, 1.165) is 42.8 Å². The van der Waals surface area contributed by atoms with Crippen LogP contribution >= 0.6 is 39.0 Å². The second kappa shape index (κ2) is 8.50. The Morgan fingerprint density at radius 3 is 2.56 bits per heavy atom. The number of aromatic nitrogens is 3. The normalized spacial score (nSPS) is 15.7. The third-order valence-corrected chi connectivity index (χ3v) is 7.57. The third-order valence-electron chi connectivity index (χ3n) is 4.40. The lowest BCUT2D eigenvalue weighted by molar-refractivity contribution is 0.0686. The number of nitrogens with zero attached hydrogens (tertiary/aromatic N) is 5. The maximum Gasteiger partial charge on any atom is 0.355 e. The van der Waals surface area contributed by atoms with Crippen molar-refractivity contribution in [2.45, 2.75) is 37.2 Å². The van der Waals surface area contributed by atoms with Crippen molar-refractivity contribution >= 4 is 50.8 Å². The van der Waals surface area contributed by atoms with Crippen LogP contribution in [0, 0.1) is 6.92 Å². The summed E-state index contributed by atoms with van der Waals surface area (Å²) in [6.45, 7) is 13.2. The number of thioether (sulfide) groups is 1. The number of aromatic carboxylic acids is 1. The van der Waals surface area contributed by atoms with Crippen LogP contribution in [0.3, 0.4) is 0 Å². The van der Waals surface area contributed by atoms with E-state index >= 15 is 0 Å². The molecule has 0 saturated carbocycles. The van der Waals surface area contributed by atoms with E-state index in [1.165, 1.54) is 16.0 Å². The van der Waals surface area contributed by atoms with E-state index in [9.17, 15) is 9.90 Å². The van der Waals surface area contributed by atoms with Gasteiger partial charge in [0.1, 0.15) is 4.21 Å². The molecule has 0 amide bonds. The van der Waals surface area contributed by atoms with Crippen molar-refractivity contribution in [3.05, 3.63) is 15.9 Å². The van der Waals surface area contributed by atoms with Gasteiger partial charge in [-0.2, -0.15) is 14.8 Å². The van der Waals surface area contributed by atoms with Crippen LogP contribution in [0.2, 0.25) is 0 Å². The summed E-state index contributed by atoms with van der Waals surface area (Å²) >= 11 is 6.62. The van der Waals surface area contributed by atoms with Crippen LogP contribution in [0.15, 0.2) is 8.68 Å². The molecule has 1 aliphatic rings. The van der Waals surface area contributed by atoms with Gasteiger partial charge in [0, 0.05) is 31.4 Å². The number of likely N-dealkylation sites (N-methyl/N-ethyl adjacent to an activating group) is 1. The highest BCUT2D eigenvalue weighted by Crippen LogP contribution is 2.40. The highest BCUT2D eigenvalue weighted by molar-refractivity contribution is 9.10. The number of carboxylic acid groups (broad SMARTS) is 1. The van der Waals surface area contributed by atoms with Gasteiger partial charge in [0.2, 0.25) is 5.13 Å². The van der Waals surface area contributed by atoms with Crippen molar-refractivity contribution in [2.75, 3.05) is 37.6 Å². The molecule has 1 saturated heterocycles. The molecule has 3 heterocycles. The van der Waals surface area contributed by atoms with Gasteiger partial charge >= 0.3 is 5.97 Å². The predicted molar refractivity (Wildman–Crippen MR) is 114 cm³/mol. The fraction of sp³-hybridized carbons (Fsp3) is 0.588. The van der Waals surface area contributed by atoms with E-state index in [1.807, 2.05) is 0 Å². The Balaban J connectivity index is 2.00. The van der Waals surface area contributed by atoms with E-state index in [1.54, 1.807) is 18.7 Å². The molecule has 2 aromatic rings. The molecule has 0 aliphatic carbocycles. The maximum atomic E-state index is 11.7. The summed E-state index contributed by atoms with van der Waals surface area (Å²) in [7, 11) is 0. The molecular formula is C17H24BrN5O2S2. The average Bonchev–Trinajstić information content (AvgIpc) is 3.16. The molecule has 0 aromatic carbocycles. The van der Waals surface area contributed by atoms with Gasteiger partial charge in [0.15, 0.2) is 11.5 Å². The number of piperazine rings is 1. The number of hydrogen-bond acceptors (Lipinski definition) is 7. The van der Waals surface area contributed by atoms with Crippen molar-refractivity contribution in [1.29, 1.82) is 0 Å². The van der Waals surface area contributed by atoms with Crippen LogP contribution in [0.5, 0.6) is 0 Å². The number of aryl methyl sites for hydroxylation is 1. The van der Waals surface area contributed by atoms with Gasteiger partial charge in [0.25, 0.3) is 0 Å². The zero-order valence-electron chi connectivity index (χ0n) is 15.9. The number of thiazole rings is 1. The number of rotatable bonds is 6. The second-order valence-corrected chi connectivity index (χ2v) is 10.3. The van der Waals surface area contributed by atoms with Crippen LogP contribution in [0.25, 0.3) is 5.13 Å². The molecule has 10 heteroatoms. The SMILES string of the molecule is CCN1CCN(c2nc(-n3nc(C)c(Br)c3C(=O)O)sc2SC(C)C)CC1. The quantitative estimate of drug-likeness (QED) is 0.640. The van der Waals surface area contributed by atoms with Crippen molar-refractivity contribution < 1.29 is 9.90 Å². The largest absolute Gasteiger partial charge is 0.476 e. The molecule has 1 fully saturated rings. The minimum absolute atomic E-state index is 0.115. The standard InChI is InChI=1S/C17H24BrN5O2S2/c1-5-21-6-8-22(9-7-21)14-16(26-10(2)3)27-17(19-14)23-13(15(24)25)12(18)11(4)20-23/h10H,5-9H2,1-4H3,(H,24,25). The van der Waals surface area contributed by atoms with Crippen molar-refractivity contribution in [3.63, 3.8) is 0 Å². The topological polar surface area (TPSA) is 74.5 Å². The minimum atomic E-state index is -1.02. The summed E-state index contributed by atoms with van der Waals surface area (Å²) in [6, 6.07) is 0. The zero-order valence-corrected chi connectivity index (χ0v) is 19.1. The predicted octanol–water partition coefficient (Wildman–Crippen LogP) is 3.74. The number of carboxylic acids is 1. The van der Waals surface area contributed by atoms with Crippen molar-refractivity contribution in [3.8, 4) is 5.13 Å². The first-order chi connectivity index (χ1) is 12.8. The number of anilines is 1. The maximum absolute atomic E-state index is 11.7. The lowest BCUT2D eigenvalue weighted by atomic mass is 10.3. The third kappa shape index (κ3) is 4.33. The van der Waals surface area contributed by atoms with Crippen LogP contribution in [-0.2, 0) is 0 Å². The molecule has 0 unspecified atom stereocenters. The number of halogens is 1. The molecule has 148 valence electrons. The summed E-state index contributed by atoms with van der Waals surface area (Å²) < 4.78 is 3.06. The highest BCUT2D eigenvalue weighted by atomic mass is 79.9. The summed E-state index contributed by atoms with van der Waals surface area (Å²) in [5, 5.41) is 15.0. The van der Waals surface area contributed by atoms with Crippen LogP contribution < -0.4 is 4.90 Å². The first-order valence-electron chi connectivity index (χ1n) is 8.95. The molecule has 0 atom stereocenters. The summed E-state index contributed by atoms with van der Waals surface area (Å²) in [5.41, 5.74) is 0.753. The minimum Gasteiger partial charge on any atom is -0.476 e.